The van der Waals surface area contributed by atoms with Crippen molar-refractivity contribution >= 4 is 33.0 Å². The number of carboxylic acid groups (broad SMARTS) is 1. The Morgan fingerprint density at radius 3 is 2.26 bits per heavy atom. The highest BCUT2D eigenvalue weighted by atomic mass is 32.2. The van der Waals surface area contributed by atoms with E-state index in [4.69, 9.17) is 14.6 Å². The molecule has 0 atom stereocenters. The summed E-state index contributed by atoms with van der Waals surface area (Å²) in [5, 5.41) is 9.45. The number of rotatable bonds is 6. The van der Waals surface area contributed by atoms with Crippen molar-refractivity contribution in [1.82, 2.24) is 3.97 Å². The lowest BCUT2D eigenvalue weighted by atomic mass is 10.1. The predicted octanol–water partition coefficient (Wildman–Crippen LogP) is 2.99. The van der Waals surface area contributed by atoms with Crippen LogP contribution in [0.15, 0.2) is 59.6 Å². The minimum atomic E-state index is -3.89. The molecular formula is C19H17NO6S. The quantitative estimate of drug-likeness (QED) is 0.654. The molecule has 0 aliphatic heterocycles. The van der Waals surface area contributed by atoms with E-state index in [0.717, 1.165) is 10.0 Å². The highest BCUT2D eigenvalue weighted by Crippen LogP contribution is 2.30. The van der Waals surface area contributed by atoms with Crippen molar-refractivity contribution in [2.45, 2.75) is 4.90 Å². The van der Waals surface area contributed by atoms with Crippen molar-refractivity contribution in [3.63, 3.8) is 0 Å². The summed E-state index contributed by atoms with van der Waals surface area (Å²) in [5.74, 6) is -0.0509. The Bertz CT molecular complexity index is 1130. The zero-order chi connectivity index (χ0) is 19.6. The second kappa shape index (κ2) is 7.16. The van der Waals surface area contributed by atoms with Crippen molar-refractivity contribution in [1.29, 1.82) is 0 Å². The average Bonchev–Trinajstić information content (AvgIpc) is 3.05. The molecule has 1 aromatic heterocycles. The number of carbonyl (C=O) groups is 1. The van der Waals surface area contributed by atoms with E-state index in [1.165, 1.54) is 38.6 Å². The number of methoxy groups -OCH3 is 2. The van der Waals surface area contributed by atoms with E-state index in [1.807, 2.05) is 0 Å². The lowest BCUT2D eigenvalue weighted by molar-refractivity contribution is -0.131. The first-order chi connectivity index (χ1) is 12.9. The summed E-state index contributed by atoms with van der Waals surface area (Å²) in [6.07, 6.45) is 3.70. The number of benzene rings is 2. The van der Waals surface area contributed by atoms with E-state index in [2.05, 4.69) is 0 Å². The maximum Gasteiger partial charge on any atom is 0.328 e. The van der Waals surface area contributed by atoms with Gasteiger partial charge >= 0.3 is 5.97 Å². The van der Waals surface area contributed by atoms with E-state index in [-0.39, 0.29) is 4.90 Å². The van der Waals surface area contributed by atoms with Crippen molar-refractivity contribution in [2.75, 3.05) is 14.2 Å². The van der Waals surface area contributed by atoms with Crippen LogP contribution in [0.5, 0.6) is 11.5 Å². The Labute approximate surface area is 156 Å². The topological polar surface area (TPSA) is 94.8 Å². The third kappa shape index (κ3) is 3.52. The number of hydrogen-bond acceptors (Lipinski definition) is 5. The summed E-state index contributed by atoms with van der Waals surface area (Å²) in [7, 11) is -0.892. The lowest BCUT2D eigenvalue weighted by Gasteiger charge is -2.08. The molecular weight excluding hydrogens is 370 g/mol. The molecule has 0 fully saturated rings. The minimum Gasteiger partial charge on any atom is -0.497 e. The molecule has 0 amide bonds. The molecule has 0 saturated carbocycles. The van der Waals surface area contributed by atoms with Crippen molar-refractivity contribution < 1.29 is 27.8 Å². The Kier molecular flexibility index (Phi) is 4.91. The lowest BCUT2D eigenvalue weighted by Crippen LogP contribution is -2.11. The van der Waals surface area contributed by atoms with E-state index >= 15 is 0 Å². The summed E-state index contributed by atoms with van der Waals surface area (Å²) in [6.45, 7) is 0. The van der Waals surface area contributed by atoms with Crippen LogP contribution in [0.1, 0.15) is 5.56 Å². The van der Waals surface area contributed by atoms with Gasteiger partial charge in [-0.3, -0.25) is 0 Å². The molecule has 0 unspecified atom stereocenters. The summed E-state index contributed by atoms with van der Waals surface area (Å²) in [6, 6.07) is 11.0. The molecule has 3 aromatic rings. The highest BCUT2D eigenvalue weighted by Gasteiger charge is 2.21. The van der Waals surface area contributed by atoms with E-state index < -0.39 is 16.0 Å². The molecule has 0 spiro atoms. The second-order valence-corrected chi connectivity index (χ2v) is 7.43. The van der Waals surface area contributed by atoms with Crippen LogP contribution in [0.25, 0.3) is 17.0 Å². The van der Waals surface area contributed by atoms with E-state index in [9.17, 15) is 13.2 Å². The zero-order valence-corrected chi connectivity index (χ0v) is 15.4. The van der Waals surface area contributed by atoms with Crippen LogP contribution in [-0.4, -0.2) is 37.7 Å². The highest BCUT2D eigenvalue weighted by molar-refractivity contribution is 7.90. The molecule has 27 heavy (non-hydrogen) atoms. The van der Waals surface area contributed by atoms with Gasteiger partial charge in [0.1, 0.15) is 11.5 Å². The van der Waals surface area contributed by atoms with Crippen LogP contribution in [0, 0.1) is 0 Å². The smallest absolute Gasteiger partial charge is 0.328 e. The molecule has 0 saturated heterocycles. The van der Waals surface area contributed by atoms with Crippen LogP contribution in [-0.2, 0) is 14.8 Å². The zero-order valence-electron chi connectivity index (χ0n) is 14.6. The minimum absolute atomic E-state index is 0.0878. The van der Waals surface area contributed by atoms with Crippen molar-refractivity contribution in [2.24, 2.45) is 0 Å². The van der Waals surface area contributed by atoms with Crippen LogP contribution in [0.2, 0.25) is 0 Å². The molecule has 140 valence electrons. The number of carboxylic acids is 1. The third-order valence-corrected chi connectivity index (χ3v) is 5.72. The van der Waals surface area contributed by atoms with Crippen LogP contribution in [0.4, 0.5) is 0 Å². The number of hydrogen-bond donors (Lipinski definition) is 1. The number of aromatic nitrogens is 1. The largest absolute Gasteiger partial charge is 0.497 e. The molecule has 1 heterocycles. The molecule has 0 aliphatic carbocycles. The van der Waals surface area contributed by atoms with Crippen molar-refractivity contribution in [3.8, 4) is 11.5 Å². The average molecular weight is 387 g/mol. The predicted molar refractivity (Wildman–Crippen MR) is 101 cm³/mol. The van der Waals surface area contributed by atoms with Gasteiger partial charge < -0.3 is 14.6 Å². The molecule has 8 heteroatoms. The number of ether oxygens (including phenoxy) is 2. The molecule has 0 bridgehead atoms. The summed E-state index contributed by atoms with van der Waals surface area (Å²) in [5.41, 5.74) is 0.861. The SMILES string of the molecule is COc1ccc(S(=O)(=O)n2cc(/C=C/C(=O)O)c3cc(OC)ccc32)cc1. The molecule has 1 N–H and O–H groups in total. The fourth-order valence-electron chi connectivity index (χ4n) is 2.68. The molecule has 7 nitrogen and oxygen atoms in total. The van der Waals surface area contributed by atoms with E-state index in [0.29, 0.717) is 28.0 Å². The number of nitrogens with zero attached hydrogens (tertiary/aromatic N) is 1. The van der Waals surface area contributed by atoms with Gasteiger partial charge in [-0.1, -0.05) is 0 Å². The monoisotopic (exact) mass is 387 g/mol. The number of aliphatic carboxylic acids is 1. The van der Waals surface area contributed by atoms with E-state index in [1.54, 1.807) is 30.3 Å². The summed E-state index contributed by atoms with van der Waals surface area (Å²) >= 11 is 0. The normalized spacial score (nSPS) is 11.8. The first-order valence-electron chi connectivity index (χ1n) is 7.86. The molecule has 2 aromatic carbocycles. The second-order valence-electron chi connectivity index (χ2n) is 5.62. The molecule has 3 rings (SSSR count). The fraction of sp³-hybridized carbons (Fsp3) is 0.105. The van der Waals surface area contributed by atoms with Gasteiger partial charge in [0.2, 0.25) is 0 Å². The molecule has 0 radical (unpaired) electrons. The number of fused-ring (bicyclic) bond motifs is 1. The molecule has 0 aliphatic rings. The standard InChI is InChI=1S/C19H17NO6S/c1-25-14-4-7-16(8-5-14)27(23,24)20-12-13(3-10-19(21)22)17-11-15(26-2)6-9-18(17)20/h3-12H,1-2H3,(H,21,22)/b10-3+. The Balaban J connectivity index is 2.22. The van der Waals surface area contributed by atoms with Gasteiger partial charge in [-0.2, -0.15) is 0 Å². The van der Waals surface area contributed by atoms with Gasteiger partial charge in [0, 0.05) is 23.2 Å². The van der Waals surface area contributed by atoms with Crippen molar-refractivity contribution in [3.05, 3.63) is 60.3 Å². The third-order valence-electron chi connectivity index (χ3n) is 4.03. The van der Waals surface area contributed by atoms with Gasteiger partial charge in [-0.15, -0.1) is 0 Å². The van der Waals surface area contributed by atoms with Crippen LogP contribution < -0.4 is 9.47 Å². The maximum atomic E-state index is 13.1. The fourth-order valence-corrected chi connectivity index (χ4v) is 4.06. The Hall–Kier alpha value is -3.26. The van der Waals surface area contributed by atoms with Crippen LogP contribution >= 0.6 is 0 Å². The Morgan fingerprint density at radius 2 is 1.67 bits per heavy atom. The van der Waals surface area contributed by atoms with Gasteiger partial charge in [0.25, 0.3) is 10.0 Å². The summed E-state index contributed by atoms with van der Waals surface area (Å²) in [4.78, 5) is 11.0. The van der Waals surface area contributed by atoms with Gasteiger partial charge in [-0.05, 0) is 48.5 Å². The Morgan fingerprint density at radius 1 is 1.04 bits per heavy atom. The van der Waals surface area contributed by atoms with Gasteiger partial charge in [0.05, 0.1) is 24.6 Å². The summed E-state index contributed by atoms with van der Waals surface area (Å²) < 4.78 is 37.6. The van der Waals surface area contributed by atoms with Gasteiger partial charge in [0.15, 0.2) is 0 Å². The first-order valence-corrected chi connectivity index (χ1v) is 9.30. The first kappa shape index (κ1) is 18.5. The van der Waals surface area contributed by atoms with Crippen LogP contribution in [0.3, 0.4) is 0 Å². The van der Waals surface area contributed by atoms with Gasteiger partial charge in [-0.25, -0.2) is 17.2 Å². The maximum absolute atomic E-state index is 13.1.